The Morgan fingerprint density at radius 1 is 1.28 bits per heavy atom. The molecular formula is C11H11ClF2N2O2. The zero-order valence-corrected chi connectivity index (χ0v) is 10.2. The summed E-state index contributed by atoms with van der Waals surface area (Å²) in [5.74, 6) is -2.64. The SMILES string of the molecule is O=[N+]([O-])c1cc(Cl)cc(N2CCC(F)(F)CC2)c1. The lowest BCUT2D eigenvalue weighted by Crippen LogP contribution is -2.39. The lowest BCUT2D eigenvalue weighted by molar-refractivity contribution is -0.384. The van der Waals surface area contributed by atoms with E-state index in [1.807, 2.05) is 0 Å². The van der Waals surface area contributed by atoms with Crippen molar-refractivity contribution in [1.29, 1.82) is 0 Å². The van der Waals surface area contributed by atoms with E-state index >= 15 is 0 Å². The van der Waals surface area contributed by atoms with Crippen molar-refractivity contribution in [3.8, 4) is 0 Å². The first-order valence-corrected chi connectivity index (χ1v) is 5.83. The maximum atomic E-state index is 13.0. The number of alkyl halides is 2. The molecule has 98 valence electrons. The van der Waals surface area contributed by atoms with Crippen LogP contribution in [0, 0.1) is 10.1 Å². The third kappa shape index (κ3) is 2.87. The number of hydrogen-bond donors (Lipinski definition) is 0. The average molecular weight is 277 g/mol. The number of nitro benzene ring substituents is 1. The van der Waals surface area contributed by atoms with E-state index in [2.05, 4.69) is 0 Å². The number of halogens is 3. The quantitative estimate of drug-likeness (QED) is 0.614. The third-order valence-electron chi connectivity index (χ3n) is 2.94. The van der Waals surface area contributed by atoms with Gasteiger partial charge in [-0.2, -0.15) is 0 Å². The van der Waals surface area contributed by atoms with Gasteiger partial charge >= 0.3 is 0 Å². The van der Waals surface area contributed by atoms with Gasteiger partial charge in [-0.3, -0.25) is 10.1 Å². The van der Waals surface area contributed by atoms with Crippen molar-refractivity contribution in [1.82, 2.24) is 0 Å². The fourth-order valence-electron chi connectivity index (χ4n) is 1.94. The molecule has 0 radical (unpaired) electrons. The minimum absolute atomic E-state index is 0.130. The Morgan fingerprint density at radius 2 is 1.89 bits per heavy atom. The first-order chi connectivity index (χ1) is 8.37. The largest absolute Gasteiger partial charge is 0.371 e. The molecule has 1 aromatic rings. The molecule has 1 aliphatic heterocycles. The zero-order chi connectivity index (χ0) is 13.3. The van der Waals surface area contributed by atoms with Crippen LogP contribution in [-0.4, -0.2) is 23.9 Å². The summed E-state index contributed by atoms with van der Waals surface area (Å²) in [6, 6.07) is 4.15. The summed E-state index contributed by atoms with van der Waals surface area (Å²) in [5, 5.41) is 10.9. The minimum Gasteiger partial charge on any atom is -0.371 e. The second-order valence-electron chi connectivity index (χ2n) is 4.27. The summed E-state index contributed by atoms with van der Waals surface area (Å²) in [5.41, 5.74) is 0.388. The van der Waals surface area contributed by atoms with Crippen LogP contribution in [0.2, 0.25) is 5.02 Å². The number of hydrogen-bond acceptors (Lipinski definition) is 3. The Morgan fingerprint density at radius 3 is 2.44 bits per heavy atom. The molecule has 18 heavy (non-hydrogen) atoms. The highest BCUT2D eigenvalue weighted by atomic mass is 35.5. The molecule has 0 aliphatic carbocycles. The van der Waals surface area contributed by atoms with Crippen LogP contribution in [-0.2, 0) is 0 Å². The Balaban J connectivity index is 2.21. The molecule has 2 rings (SSSR count). The number of anilines is 1. The average Bonchev–Trinajstić information content (AvgIpc) is 2.28. The first-order valence-electron chi connectivity index (χ1n) is 5.45. The molecule has 0 bridgehead atoms. The molecule has 0 aromatic heterocycles. The molecule has 0 unspecified atom stereocenters. The summed E-state index contributed by atoms with van der Waals surface area (Å²) in [4.78, 5) is 11.8. The summed E-state index contributed by atoms with van der Waals surface area (Å²) >= 11 is 5.79. The van der Waals surface area contributed by atoms with Gasteiger partial charge in [0.05, 0.1) is 4.92 Å². The van der Waals surface area contributed by atoms with Crippen molar-refractivity contribution in [2.45, 2.75) is 18.8 Å². The van der Waals surface area contributed by atoms with Crippen molar-refractivity contribution in [3.63, 3.8) is 0 Å². The minimum atomic E-state index is -2.64. The van der Waals surface area contributed by atoms with Crippen molar-refractivity contribution < 1.29 is 13.7 Å². The Kier molecular flexibility index (Phi) is 3.38. The highest BCUT2D eigenvalue weighted by Crippen LogP contribution is 2.33. The molecule has 1 heterocycles. The second-order valence-corrected chi connectivity index (χ2v) is 4.70. The van der Waals surface area contributed by atoms with Crippen LogP contribution in [0.1, 0.15) is 12.8 Å². The predicted molar refractivity (Wildman–Crippen MR) is 64.5 cm³/mol. The van der Waals surface area contributed by atoms with Gasteiger partial charge < -0.3 is 4.90 Å². The molecule has 1 fully saturated rings. The monoisotopic (exact) mass is 276 g/mol. The van der Waals surface area contributed by atoms with Crippen molar-refractivity contribution in [3.05, 3.63) is 33.3 Å². The molecule has 0 N–H and O–H groups in total. The molecule has 4 nitrogen and oxygen atoms in total. The molecular weight excluding hydrogens is 266 g/mol. The molecule has 1 aromatic carbocycles. The van der Waals surface area contributed by atoms with Gasteiger partial charge in [0.15, 0.2) is 0 Å². The van der Waals surface area contributed by atoms with Crippen LogP contribution in [0.5, 0.6) is 0 Å². The number of rotatable bonds is 2. The van der Waals surface area contributed by atoms with Gasteiger partial charge in [0, 0.05) is 48.8 Å². The van der Waals surface area contributed by atoms with Crippen LogP contribution in [0.25, 0.3) is 0 Å². The Labute approximate surface area is 107 Å². The fraction of sp³-hybridized carbons (Fsp3) is 0.455. The van der Waals surface area contributed by atoms with Gasteiger partial charge in [0.2, 0.25) is 0 Å². The van der Waals surface area contributed by atoms with Gasteiger partial charge in [-0.05, 0) is 6.07 Å². The van der Waals surface area contributed by atoms with E-state index in [-0.39, 0.29) is 36.6 Å². The maximum Gasteiger partial charge on any atom is 0.272 e. The van der Waals surface area contributed by atoms with Gasteiger partial charge in [-0.25, -0.2) is 8.78 Å². The maximum absolute atomic E-state index is 13.0. The van der Waals surface area contributed by atoms with E-state index in [4.69, 9.17) is 11.6 Å². The van der Waals surface area contributed by atoms with Gasteiger partial charge in [0.1, 0.15) is 0 Å². The topological polar surface area (TPSA) is 46.4 Å². The Hall–Kier alpha value is -1.43. The van der Waals surface area contributed by atoms with Gasteiger partial charge in [-0.1, -0.05) is 11.6 Å². The summed E-state index contributed by atoms with van der Waals surface area (Å²) in [6.07, 6.45) is -0.485. The van der Waals surface area contributed by atoms with Crippen molar-refractivity contribution in [2.24, 2.45) is 0 Å². The molecule has 0 atom stereocenters. The molecule has 0 amide bonds. The Bertz CT molecular complexity index is 472. The number of benzene rings is 1. The molecule has 1 aliphatic rings. The van der Waals surface area contributed by atoms with E-state index < -0.39 is 10.8 Å². The molecule has 1 saturated heterocycles. The van der Waals surface area contributed by atoms with Crippen molar-refractivity contribution >= 4 is 23.0 Å². The number of nitrogens with zero attached hydrogens (tertiary/aromatic N) is 2. The van der Waals surface area contributed by atoms with E-state index in [9.17, 15) is 18.9 Å². The van der Waals surface area contributed by atoms with Gasteiger partial charge in [-0.15, -0.1) is 0 Å². The fourth-order valence-corrected chi connectivity index (χ4v) is 2.16. The van der Waals surface area contributed by atoms with Crippen LogP contribution < -0.4 is 4.90 Å². The zero-order valence-electron chi connectivity index (χ0n) is 9.41. The standard InChI is InChI=1S/C11H11ClF2N2O2/c12-8-5-9(7-10(6-8)16(17)18)15-3-1-11(13,14)2-4-15/h5-7H,1-4H2. The summed E-state index contributed by atoms with van der Waals surface area (Å²) < 4.78 is 26.0. The van der Waals surface area contributed by atoms with Crippen LogP contribution in [0.4, 0.5) is 20.2 Å². The lowest BCUT2D eigenvalue weighted by atomic mass is 10.1. The summed E-state index contributed by atoms with van der Waals surface area (Å²) in [6.45, 7) is 0.342. The summed E-state index contributed by atoms with van der Waals surface area (Å²) in [7, 11) is 0. The van der Waals surface area contributed by atoms with E-state index in [0.717, 1.165) is 0 Å². The highest BCUT2D eigenvalue weighted by Gasteiger charge is 2.34. The van der Waals surface area contributed by atoms with Crippen molar-refractivity contribution in [2.75, 3.05) is 18.0 Å². The van der Waals surface area contributed by atoms with Crippen LogP contribution in [0.15, 0.2) is 18.2 Å². The van der Waals surface area contributed by atoms with Gasteiger partial charge in [0.25, 0.3) is 11.6 Å². The first kappa shape index (κ1) is 13.0. The van der Waals surface area contributed by atoms with Crippen LogP contribution >= 0.6 is 11.6 Å². The number of nitro groups is 1. The lowest BCUT2D eigenvalue weighted by Gasteiger charge is -2.33. The third-order valence-corrected chi connectivity index (χ3v) is 3.16. The predicted octanol–water partition coefficient (Wildman–Crippen LogP) is 3.48. The van der Waals surface area contributed by atoms with E-state index in [0.29, 0.717) is 5.69 Å². The van der Waals surface area contributed by atoms with Crippen LogP contribution in [0.3, 0.4) is 0 Å². The number of non-ortho nitro benzene ring substituents is 1. The molecule has 0 saturated carbocycles. The molecule has 0 spiro atoms. The highest BCUT2D eigenvalue weighted by molar-refractivity contribution is 6.31. The molecule has 7 heteroatoms. The van der Waals surface area contributed by atoms with E-state index in [1.165, 1.54) is 12.1 Å². The number of piperidine rings is 1. The smallest absolute Gasteiger partial charge is 0.272 e. The second kappa shape index (κ2) is 4.68. The van der Waals surface area contributed by atoms with E-state index in [1.54, 1.807) is 11.0 Å². The normalized spacial score (nSPS) is 18.7.